The van der Waals surface area contributed by atoms with Gasteiger partial charge in [-0.05, 0) is 36.5 Å². The molecule has 134 valence electrons. The number of hydrogen-bond donors (Lipinski definition) is 0. The van der Waals surface area contributed by atoms with Gasteiger partial charge in [0, 0.05) is 29.8 Å². The minimum atomic E-state index is -0.517. The van der Waals surface area contributed by atoms with E-state index in [1.54, 1.807) is 0 Å². The lowest BCUT2D eigenvalue weighted by molar-refractivity contribution is -0.384. The van der Waals surface area contributed by atoms with Crippen LogP contribution in [0.3, 0.4) is 0 Å². The van der Waals surface area contributed by atoms with Gasteiger partial charge in [0.1, 0.15) is 0 Å². The van der Waals surface area contributed by atoms with Crippen molar-refractivity contribution in [3.63, 3.8) is 0 Å². The molecule has 0 N–H and O–H groups in total. The first kappa shape index (κ1) is 20.3. The smallest absolute Gasteiger partial charge is 0.269 e. The summed E-state index contributed by atoms with van der Waals surface area (Å²) in [6, 6.07) is 5.51. The molecule has 1 rings (SSSR count). The second-order valence-electron chi connectivity index (χ2n) is 6.25. The van der Waals surface area contributed by atoms with E-state index >= 15 is 0 Å². The molecule has 0 atom stereocenters. The molecule has 0 aliphatic heterocycles. The molecule has 0 bridgehead atoms. The quantitative estimate of drug-likeness (QED) is 0.406. The maximum Gasteiger partial charge on any atom is 0.269 e. The van der Waals surface area contributed by atoms with Crippen LogP contribution in [0.4, 0.5) is 5.69 Å². The Morgan fingerprint density at radius 1 is 1.16 bits per heavy atom. The van der Waals surface area contributed by atoms with E-state index < -0.39 is 16.7 Å². The fraction of sp³-hybridized carbons (Fsp3) is 0.368. The highest BCUT2D eigenvalue weighted by Gasteiger charge is 2.25. The van der Waals surface area contributed by atoms with Gasteiger partial charge in [0.05, 0.1) is 4.92 Å². The standard InChI is InChI=1S/C19H24N2O4/c1-6-11-20(18(22)14(4)12-13(2)3)19(23)15(5)16-7-9-17(10-8-16)21(24)25/h7-10,13H,4-6,11-12H2,1-3H3. The zero-order valence-electron chi connectivity index (χ0n) is 14.9. The molecule has 0 aromatic heterocycles. The second-order valence-corrected chi connectivity index (χ2v) is 6.25. The number of carbonyl (C=O) groups excluding carboxylic acids is 2. The van der Waals surface area contributed by atoms with Crippen molar-refractivity contribution in [2.24, 2.45) is 5.92 Å². The van der Waals surface area contributed by atoms with Gasteiger partial charge in [0.15, 0.2) is 0 Å². The minimum absolute atomic E-state index is 0.0733. The number of imide groups is 1. The van der Waals surface area contributed by atoms with Gasteiger partial charge in [0.25, 0.3) is 17.5 Å². The fourth-order valence-electron chi connectivity index (χ4n) is 2.36. The molecule has 0 heterocycles. The van der Waals surface area contributed by atoms with Crippen molar-refractivity contribution in [1.82, 2.24) is 4.90 Å². The van der Waals surface area contributed by atoms with Gasteiger partial charge in [-0.25, -0.2) is 0 Å². The van der Waals surface area contributed by atoms with Crippen molar-refractivity contribution < 1.29 is 14.5 Å². The Labute approximate surface area is 148 Å². The summed E-state index contributed by atoms with van der Waals surface area (Å²) in [5.74, 6) is -0.651. The maximum absolute atomic E-state index is 12.7. The molecular weight excluding hydrogens is 320 g/mol. The van der Waals surface area contributed by atoms with Crippen LogP contribution >= 0.6 is 0 Å². The zero-order chi connectivity index (χ0) is 19.1. The van der Waals surface area contributed by atoms with Crippen molar-refractivity contribution in [1.29, 1.82) is 0 Å². The number of carbonyl (C=O) groups is 2. The van der Waals surface area contributed by atoms with E-state index in [-0.39, 0.29) is 23.7 Å². The number of hydrogen-bond acceptors (Lipinski definition) is 4. The number of non-ortho nitro benzene ring substituents is 1. The van der Waals surface area contributed by atoms with Crippen LogP contribution in [0.25, 0.3) is 5.57 Å². The van der Waals surface area contributed by atoms with E-state index in [1.165, 1.54) is 24.3 Å². The van der Waals surface area contributed by atoms with Crippen LogP contribution < -0.4 is 0 Å². The zero-order valence-corrected chi connectivity index (χ0v) is 14.9. The van der Waals surface area contributed by atoms with Crippen LogP contribution in [0, 0.1) is 16.0 Å². The van der Waals surface area contributed by atoms with Crippen molar-refractivity contribution in [2.75, 3.05) is 6.54 Å². The summed E-state index contributed by atoms with van der Waals surface area (Å²) in [6.45, 7) is 13.6. The van der Waals surface area contributed by atoms with Crippen LogP contribution in [-0.4, -0.2) is 28.2 Å². The first-order chi connectivity index (χ1) is 11.7. The van der Waals surface area contributed by atoms with Gasteiger partial charge in [-0.3, -0.25) is 24.6 Å². The van der Waals surface area contributed by atoms with Crippen LogP contribution in [0.5, 0.6) is 0 Å². The number of nitro groups is 1. The Morgan fingerprint density at radius 2 is 1.72 bits per heavy atom. The highest BCUT2D eigenvalue weighted by Crippen LogP contribution is 2.21. The lowest BCUT2D eigenvalue weighted by Crippen LogP contribution is -2.38. The largest absolute Gasteiger partial charge is 0.275 e. The molecular formula is C19H24N2O4. The normalized spacial score (nSPS) is 10.4. The Kier molecular flexibility index (Phi) is 7.23. The number of nitrogens with zero attached hydrogens (tertiary/aromatic N) is 2. The summed E-state index contributed by atoms with van der Waals surface area (Å²) < 4.78 is 0. The average molecular weight is 344 g/mol. The number of nitro benzene ring substituents is 1. The SMILES string of the molecule is C=C(CC(C)C)C(=O)N(CCC)C(=O)C(=C)c1ccc([N+](=O)[O-])cc1. The first-order valence-electron chi connectivity index (χ1n) is 8.16. The molecule has 0 spiro atoms. The second kappa shape index (κ2) is 8.92. The molecule has 0 radical (unpaired) electrons. The van der Waals surface area contributed by atoms with E-state index in [2.05, 4.69) is 13.2 Å². The summed E-state index contributed by atoms with van der Waals surface area (Å²) in [6.07, 6.45) is 1.12. The Hall–Kier alpha value is -2.76. The summed E-state index contributed by atoms with van der Waals surface area (Å²) in [5, 5.41) is 10.7. The van der Waals surface area contributed by atoms with Crippen LogP contribution in [0.2, 0.25) is 0 Å². The van der Waals surface area contributed by atoms with Gasteiger partial charge in [-0.1, -0.05) is 33.9 Å². The van der Waals surface area contributed by atoms with Gasteiger partial charge in [-0.15, -0.1) is 0 Å². The lowest BCUT2D eigenvalue weighted by Gasteiger charge is -2.23. The van der Waals surface area contributed by atoms with Crippen molar-refractivity contribution in [3.05, 3.63) is 58.7 Å². The molecule has 2 amide bonds. The van der Waals surface area contributed by atoms with Crippen molar-refractivity contribution in [3.8, 4) is 0 Å². The third-order valence-corrected chi connectivity index (χ3v) is 3.58. The van der Waals surface area contributed by atoms with E-state index in [1.807, 2.05) is 20.8 Å². The molecule has 0 aliphatic carbocycles. The van der Waals surface area contributed by atoms with E-state index in [0.29, 0.717) is 24.0 Å². The van der Waals surface area contributed by atoms with Gasteiger partial charge >= 0.3 is 0 Å². The average Bonchev–Trinajstić information content (AvgIpc) is 2.57. The summed E-state index contributed by atoms with van der Waals surface area (Å²) in [5.41, 5.74) is 0.872. The molecule has 25 heavy (non-hydrogen) atoms. The molecule has 6 nitrogen and oxygen atoms in total. The number of rotatable bonds is 8. The molecule has 0 unspecified atom stereocenters. The van der Waals surface area contributed by atoms with E-state index in [0.717, 1.165) is 4.90 Å². The summed E-state index contributed by atoms with van der Waals surface area (Å²) in [4.78, 5) is 36.6. The highest BCUT2D eigenvalue weighted by atomic mass is 16.6. The van der Waals surface area contributed by atoms with Crippen LogP contribution in [0.15, 0.2) is 43.0 Å². The monoisotopic (exact) mass is 344 g/mol. The van der Waals surface area contributed by atoms with Crippen molar-refractivity contribution >= 4 is 23.1 Å². The lowest BCUT2D eigenvalue weighted by atomic mass is 10.0. The minimum Gasteiger partial charge on any atom is -0.275 e. The highest BCUT2D eigenvalue weighted by molar-refractivity contribution is 6.24. The summed E-state index contributed by atoms with van der Waals surface area (Å²) in [7, 11) is 0. The van der Waals surface area contributed by atoms with Crippen molar-refractivity contribution in [2.45, 2.75) is 33.6 Å². The molecule has 0 saturated heterocycles. The predicted molar refractivity (Wildman–Crippen MR) is 97.7 cm³/mol. The number of benzene rings is 1. The molecule has 0 saturated carbocycles. The van der Waals surface area contributed by atoms with Gasteiger partial charge in [-0.2, -0.15) is 0 Å². The third kappa shape index (κ3) is 5.38. The van der Waals surface area contributed by atoms with Gasteiger partial charge in [0.2, 0.25) is 0 Å². The third-order valence-electron chi connectivity index (χ3n) is 3.58. The number of amides is 2. The topological polar surface area (TPSA) is 80.5 Å². The fourth-order valence-corrected chi connectivity index (χ4v) is 2.36. The van der Waals surface area contributed by atoms with Crippen LogP contribution in [0.1, 0.15) is 39.2 Å². The van der Waals surface area contributed by atoms with Gasteiger partial charge < -0.3 is 0 Å². The molecule has 1 aromatic rings. The maximum atomic E-state index is 12.7. The molecule has 6 heteroatoms. The molecule has 1 aromatic carbocycles. The predicted octanol–water partition coefficient (Wildman–Crippen LogP) is 3.98. The Balaban J connectivity index is 3.01. The van der Waals surface area contributed by atoms with E-state index in [9.17, 15) is 19.7 Å². The van der Waals surface area contributed by atoms with Crippen LogP contribution in [-0.2, 0) is 9.59 Å². The Morgan fingerprint density at radius 3 is 2.16 bits per heavy atom. The Bertz CT molecular complexity index is 690. The molecule has 0 fully saturated rings. The first-order valence-corrected chi connectivity index (χ1v) is 8.16. The summed E-state index contributed by atoms with van der Waals surface area (Å²) >= 11 is 0. The molecule has 0 aliphatic rings. The van der Waals surface area contributed by atoms with E-state index in [4.69, 9.17) is 0 Å².